The van der Waals surface area contributed by atoms with Gasteiger partial charge in [-0.1, -0.05) is 37.7 Å². The van der Waals surface area contributed by atoms with Gasteiger partial charge in [0, 0.05) is 5.25 Å². The number of benzene rings is 1. The van der Waals surface area contributed by atoms with E-state index in [2.05, 4.69) is 10.3 Å². The van der Waals surface area contributed by atoms with E-state index in [1.807, 2.05) is 45.0 Å². The lowest BCUT2D eigenvalue weighted by atomic mass is 9.95. The highest BCUT2D eigenvalue weighted by atomic mass is 32.2. The number of nitrogens with zero attached hydrogens (tertiary/aromatic N) is 1. The molecule has 0 aliphatic rings. The number of hydrogen-bond acceptors (Lipinski definition) is 5. The Hall–Kier alpha value is -1.53. The van der Waals surface area contributed by atoms with Crippen molar-refractivity contribution in [3.63, 3.8) is 0 Å². The first-order chi connectivity index (χ1) is 9.94. The summed E-state index contributed by atoms with van der Waals surface area (Å²) in [6.07, 6.45) is 0.611. The molecule has 0 saturated heterocycles. The zero-order valence-electron chi connectivity index (χ0n) is 12.6. The average Bonchev–Trinajstić information content (AvgIpc) is 2.80. The molecule has 0 bridgehead atoms. The molecule has 6 heteroatoms. The Kier molecular flexibility index (Phi) is 4.90. The number of rotatable bonds is 7. The van der Waals surface area contributed by atoms with Crippen LogP contribution in [0.2, 0.25) is 0 Å². The number of thioether (sulfide) groups is 1. The Morgan fingerprint density at radius 1 is 1.52 bits per heavy atom. The Morgan fingerprint density at radius 3 is 2.86 bits per heavy atom. The molecule has 1 aromatic heterocycles. The van der Waals surface area contributed by atoms with E-state index < -0.39 is 5.54 Å². The molecule has 0 aliphatic heterocycles. The minimum Gasteiger partial charge on any atom is -0.431 e. The van der Waals surface area contributed by atoms with E-state index in [0.717, 1.165) is 11.1 Å². The zero-order chi connectivity index (χ0) is 15.5. The summed E-state index contributed by atoms with van der Waals surface area (Å²) in [7, 11) is 0. The van der Waals surface area contributed by atoms with Crippen LogP contribution in [-0.4, -0.2) is 28.2 Å². The Bertz CT molecular complexity index is 595. The number of oxazole rings is 1. The number of nitrogens with one attached hydrogen (secondary N) is 1. The molecule has 0 spiro atoms. The van der Waals surface area contributed by atoms with Crippen molar-refractivity contribution in [2.75, 3.05) is 6.54 Å². The summed E-state index contributed by atoms with van der Waals surface area (Å²) in [5, 5.41) is 3.93. The van der Waals surface area contributed by atoms with Crippen molar-refractivity contribution in [3.8, 4) is 0 Å². The molecule has 2 atom stereocenters. The van der Waals surface area contributed by atoms with Crippen molar-refractivity contribution in [1.82, 2.24) is 10.3 Å². The van der Waals surface area contributed by atoms with Crippen LogP contribution in [-0.2, 0) is 4.79 Å². The summed E-state index contributed by atoms with van der Waals surface area (Å²) in [4.78, 5) is 16.1. The fraction of sp³-hybridized carbons (Fsp3) is 0.467. The Morgan fingerprint density at radius 2 is 2.24 bits per heavy atom. The third-order valence-electron chi connectivity index (χ3n) is 3.38. The lowest BCUT2D eigenvalue weighted by molar-refractivity contribution is -0.124. The molecule has 21 heavy (non-hydrogen) atoms. The molecule has 1 amide bonds. The lowest BCUT2D eigenvalue weighted by Gasteiger charge is -2.29. The summed E-state index contributed by atoms with van der Waals surface area (Å²) >= 11 is 1.51. The van der Waals surface area contributed by atoms with E-state index in [4.69, 9.17) is 10.2 Å². The summed E-state index contributed by atoms with van der Waals surface area (Å²) in [6, 6.07) is 7.65. The number of carbonyl (C=O) groups excluding carboxylic acids is 1. The third kappa shape index (κ3) is 3.77. The first kappa shape index (κ1) is 15.9. The second-order valence-electron chi connectivity index (χ2n) is 5.31. The molecule has 0 fully saturated rings. The summed E-state index contributed by atoms with van der Waals surface area (Å²) in [6.45, 7) is 6.53. The minimum absolute atomic E-state index is 0.148. The second-order valence-corrected chi connectivity index (χ2v) is 6.70. The molecule has 3 N–H and O–H groups in total. The van der Waals surface area contributed by atoms with Crippen LogP contribution in [0.3, 0.4) is 0 Å². The predicted molar refractivity (Wildman–Crippen MR) is 85.2 cm³/mol. The Labute approximate surface area is 128 Å². The molecule has 114 valence electrons. The topological polar surface area (TPSA) is 81.2 Å². The van der Waals surface area contributed by atoms with Crippen molar-refractivity contribution in [2.24, 2.45) is 5.73 Å². The number of aromatic nitrogens is 1. The van der Waals surface area contributed by atoms with Gasteiger partial charge in [0.15, 0.2) is 5.58 Å². The molecule has 0 radical (unpaired) electrons. The van der Waals surface area contributed by atoms with Crippen LogP contribution in [0.25, 0.3) is 11.1 Å². The maximum absolute atomic E-state index is 11.7. The lowest BCUT2D eigenvalue weighted by Crippen LogP contribution is -2.54. The van der Waals surface area contributed by atoms with E-state index >= 15 is 0 Å². The quantitative estimate of drug-likeness (QED) is 0.768. The van der Waals surface area contributed by atoms with E-state index in [9.17, 15) is 4.79 Å². The smallest absolute Gasteiger partial charge is 0.256 e. The molecular formula is C15H21N3O2S. The molecule has 2 unspecified atom stereocenters. The van der Waals surface area contributed by atoms with Crippen LogP contribution >= 0.6 is 11.8 Å². The van der Waals surface area contributed by atoms with Gasteiger partial charge in [-0.2, -0.15) is 0 Å². The van der Waals surface area contributed by atoms with E-state index in [1.54, 1.807) is 0 Å². The van der Waals surface area contributed by atoms with Crippen LogP contribution in [0.4, 0.5) is 0 Å². The van der Waals surface area contributed by atoms with Crippen LogP contribution in [0.15, 0.2) is 33.9 Å². The fourth-order valence-electron chi connectivity index (χ4n) is 2.34. The molecule has 2 aromatic rings. The number of carbonyl (C=O) groups is 1. The van der Waals surface area contributed by atoms with E-state index in [0.29, 0.717) is 18.2 Å². The van der Waals surface area contributed by atoms with E-state index in [-0.39, 0.29) is 11.2 Å². The van der Waals surface area contributed by atoms with Gasteiger partial charge < -0.3 is 15.5 Å². The molecule has 1 aromatic carbocycles. The SMILES string of the molecule is CCNC(C)(CC(C)Sc1nc2ccccc2o1)C(N)=O. The van der Waals surface area contributed by atoms with Crippen molar-refractivity contribution in [1.29, 1.82) is 0 Å². The first-order valence-corrected chi connectivity index (χ1v) is 7.89. The van der Waals surface area contributed by atoms with Gasteiger partial charge in [0.05, 0.1) is 5.54 Å². The number of nitrogens with two attached hydrogens (primary N) is 1. The predicted octanol–water partition coefficient (Wildman–Crippen LogP) is 2.55. The minimum atomic E-state index is -0.715. The van der Waals surface area contributed by atoms with Crippen molar-refractivity contribution < 1.29 is 9.21 Å². The highest BCUT2D eigenvalue weighted by Crippen LogP contribution is 2.30. The van der Waals surface area contributed by atoms with Crippen LogP contribution in [0.5, 0.6) is 0 Å². The van der Waals surface area contributed by atoms with Gasteiger partial charge in [0.2, 0.25) is 5.91 Å². The van der Waals surface area contributed by atoms with Crippen molar-refractivity contribution in [2.45, 2.75) is 43.2 Å². The summed E-state index contributed by atoms with van der Waals surface area (Å²) < 4.78 is 5.69. The zero-order valence-corrected chi connectivity index (χ0v) is 13.4. The van der Waals surface area contributed by atoms with Gasteiger partial charge in [0.1, 0.15) is 5.52 Å². The molecule has 0 aliphatic carbocycles. The first-order valence-electron chi connectivity index (χ1n) is 7.02. The van der Waals surface area contributed by atoms with Crippen LogP contribution < -0.4 is 11.1 Å². The van der Waals surface area contributed by atoms with Crippen LogP contribution in [0, 0.1) is 0 Å². The standard InChI is InChI=1S/C15H21N3O2S/c1-4-17-15(3,13(16)19)9-10(2)21-14-18-11-7-5-6-8-12(11)20-14/h5-8,10,17H,4,9H2,1-3H3,(H2,16,19). The van der Waals surface area contributed by atoms with E-state index in [1.165, 1.54) is 11.8 Å². The number of fused-ring (bicyclic) bond motifs is 1. The third-order valence-corrected chi connectivity index (χ3v) is 4.33. The normalized spacial score (nSPS) is 15.8. The number of amides is 1. The highest BCUT2D eigenvalue weighted by molar-refractivity contribution is 7.99. The molecule has 2 rings (SSSR count). The largest absolute Gasteiger partial charge is 0.431 e. The highest BCUT2D eigenvalue weighted by Gasteiger charge is 2.32. The Balaban J connectivity index is 2.06. The van der Waals surface area contributed by atoms with Crippen molar-refractivity contribution in [3.05, 3.63) is 24.3 Å². The van der Waals surface area contributed by atoms with Crippen LogP contribution in [0.1, 0.15) is 27.2 Å². The molecule has 1 heterocycles. The van der Waals surface area contributed by atoms with Crippen molar-refractivity contribution >= 4 is 28.8 Å². The van der Waals surface area contributed by atoms with Gasteiger partial charge in [0.25, 0.3) is 5.22 Å². The van der Waals surface area contributed by atoms with Gasteiger partial charge in [-0.05, 0) is 32.0 Å². The van der Waals surface area contributed by atoms with Gasteiger partial charge in [-0.25, -0.2) is 4.98 Å². The number of para-hydroxylation sites is 2. The monoisotopic (exact) mass is 307 g/mol. The summed E-state index contributed by atoms with van der Waals surface area (Å²) in [5.74, 6) is -0.339. The molecule has 5 nitrogen and oxygen atoms in total. The number of primary amides is 1. The van der Waals surface area contributed by atoms with Gasteiger partial charge in [-0.15, -0.1) is 0 Å². The van der Waals surface area contributed by atoms with Gasteiger partial charge >= 0.3 is 0 Å². The number of hydrogen-bond donors (Lipinski definition) is 2. The molecule has 0 saturated carbocycles. The number of likely N-dealkylation sites (N-methyl/N-ethyl adjacent to an activating group) is 1. The maximum Gasteiger partial charge on any atom is 0.256 e. The second kappa shape index (κ2) is 6.49. The maximum atomic E-state index is 11.7. The fourth-order valence-corrected chi connectivity index (χ4v) is 3.39. The summed E-state index contributed by atoms with van der Waals surface area (Å²) in [5.41, 5.74) is 6.41. The molecular weight excluding hydrogens is 286 g/mol. The average molecular weight is 307 g/mol. The van der Waals surface area contributed by atoms with Gasteiger partial charge in [-0.3, -0.25) is 4.79 Å².